The minimum Gasteiger partial charge on any atom is -0.341 e. The van der Waals surface area contributed by atoms with E-state index >= 15 is 0 Å². The van der Waals surface area contributed by atoms with E-state index in [9.17, 15) is 4.79 Å². The Bertz CT molecular complexity index is 363. The normalized spacial score (nSPS) is 12.2. The van der Waals surface area contributed by atoms with E-state index < -0.39 is 0 Å². The maximum absolute atomic E-state index is 12.2. The van der Waals surface area contributed by atoms with Gasteiger partial charge in [-0.15, -0.1) is 0 Å². The van der Waals surface area contributed by atoms with E-state index in [4.69, 9.17) is 0 Å². The number of nitrogens with zero attached hydrogens (tertiary/aromatic N) is 1. The van der Waals surface area contributed by atoms with Crippen LogP contribution in [0.4, 0.5) is 0 Å². The maximum Gasteiger partial charge on any atom is 0.253 e. The van der Waals surface area contributed by atoms with Crippen molar-refractivity contribution < 1.29 is 4.79 Å². The van der Waals surface area contributed by atoms with Gasteiger partial charge in [0.25, 0.3) is 5.91 Å². The van der Waals surface area contributed by atoms with Crippen molar-refractivity contribution in [2.45, 2.75) is 25.1 Å². The van der Waals surface area contributed by atoms with Gasteiger partial charge in [0.05, 0.1) is 0 Å². The first-order valence-corrected chi connectivity index (χ1v) is 6.45. The topological polar surface area (TPSA) is 20.3 Å². The van der Waals surface area contributed by atoms with Gasteiger partial charge in [-0.3, -0.25) is 4.79 Å². The molecule has 0 aliphatic carbocycles. The molecular formula is C13H18BrNO. The zero-order valence-corrected chi connectivity index (χ0v) is 11.6. The monoisotopic (exact) mass is 283 g/mol. The second-order valence-corrected chi connectivity index (χ2v) is 5.54. The lowest BCUT2D eigenvalue weighted by molar-refractivity contribution is 0.0796. The first-order chi connectivity index (χ1) is 7.56. The molecule has 1 unspecified atom stereocenters. The molecule has 1 aromatic rings. The Labute approximate surface area is 106 Å². The van der Waals surface area contributed by atoms with Gasteiger partial charge in [-0.25, -0.2) is 0 Å². The Kier molecular flexibility index (Phi) is 5.00. The lowest BCUT2D eigenvalue weighted by atomic mass is 10.0. The fourth-order valence-corrected chi connectivity index (χ4v) is 2.14. The molecule has 0 spiro atoms. The second kappa shape index (κ2) is 6.04. The number of aryl methyl sites for hydroxylation is 1. The first kappa shape index (κ1) is 13.2. The number of carbonyl (C=O) groups is 1. The van der Waals surface area contributed by atoms with Crippen molar-refractivity contribution in [1.29, 1.82) is 0 Å². The molecule has 0 aliphatic rings. The van der Waals surface area contributed by atoms with Gasteiger partial charge in [0.1, 0.15) is 0 Å². The molecule has 0 heterocycles. The lowest BCUT2D eigenvalue weighted by Crippen LogP contribution is -2.31. The summed E-state index contributed by atoms with van der Waals surface area (Å²) in [6.45, 7) is 4.83. The summed E-state index contributed by atoms with van der Waals surface area (Å²) >= 11 is 3.46. The fourth-order valence-electron chi connectivity index (χ4n) is 1.70. The van der Waals surface area contributed by atoms with E-state index in [1.165, 1.54) is 0 Å². The third-order valence-electron chi connectivity index (χ3n) is 2.50. The van der Waals surface area contributed by atoms with Crippen molar-refractivity contribution in [3.63, 3.8) is 0 Å². The summed E-state index contributed by atoms with van der Waals surface area (Å²) in [5, 5.41) is 0. The van der Waals surface area contributed by atoms with Gasteiger partial charge in [0.2, 0.25) is 0 Å². The zero-order chi connectivity index (χ0) is 12.1. The molecule has 0 bridgehead atoms. The molecule has 1 amide bonds. The molecule has 1 aromatic carbocycles. The van der Waals surface area contributed by atoms with Gasteiger partial charge in [-0.05, 0) is 18.1 Å². The predicted molar refractivity (Wildman–Crippen MR) is 71.2 cm³/mol. The molecule has 0 N–H and O–H groups in total. The number of amides is 1. The Morgan fingerprint density at radius 2 is 2.06 bits per heavy atom. The molecule has 3 heteroatoms. The molecule has 0 saturated carbocycles. The second-order valence-electron chi connectivity index (χ2n) is 3.98. The Hall–Kier alpha value is -0.830. The van der Waals surface area contributed by atoms with E-state index in [-0.39, 0.29) is 5.91 Å². The average molecular weight is 284 g/mol. The van der Waals surface area contributed by atoms with Crippen molar-refractivity contribution in [1.82, 2.24) is 4.90 Å². The van der Waals surface area contributed by atoms with Crippen molar-refractivity contribution in [2.24, 2.45) is 0 Å². The van der Waals surface area contributed by atoms with E-state index in [0.29, 0.717) is 4.83 Å². The lowest BCUT2D eigenvalue weighted by Gasteiger charge is -2.20. The third-order valence-corrected chi connectivity index (χ3v) is 2.79. The zero-order valence-electron chi connectivity index (χ0n) is 10.0. The van der Waals surface area contributed by atoms with Crippen LogP contribution in [0.2, 0.25) is 0 Å². The number of benzene rings is 1. The number of rotatable bonds is 4. The van der Waals surface area contributed by atoms with Crippen LogP contribution in [-0.2, 0) is 6.42 Å². The largest absolute Gasteiger partial charge is 0.341 e. The smallest absolute Gasteiger partial charge is 0.253 e. The van der Waals surface area contributed by atoms with Crippen LogP contribution in [0.3, 0.4) is 0 Å². The highest BCUT2D eigenvalue weighted by Crippen LogP contribution is 2.12. The van der Waals surface area contributed by atoms with Crippen LogP contribution < -0.4 is 0 Å². The van der Waals surface area contributed by atoms with Crippen molar-refractivity contribution in [3.05, 3.63) is 35.4 Å². The van der Waals surface area contributed by atoms with Gasteiger partial charge in [-0.2, -0.15) is 0 Å². The van der Waals surface area contributed by atoms with Crippen molar-refractivity contribution in [3.8, 4) is 0 Å². The molecule has 0 saturated heterocycles. The summed E-state index contributed by atoms with van der Waals surface area (Å²) in [7, 11) is 1.84. The van der Waals surface area contributed by atoms with E-state index in [0.717, 1.165) is 24.1 Å². The van der Waals surface area contributed by atoms with E-state index in [1.54, 1.807) is 4.90 Å². The van der Waals surface area contributed by atoms with Crippen LogP contribution in [0.25, 0.3) is 0 Å². The summed E-state index contributed by atoms with van der Waals surface area (Å²) < 4.78 is 0. The molecule has 0 radical (unpaired) electrons. The first-order valence-electron chi connectivity index (χ1n) is 5.53. The molecule has 16 heavy (non-hydrogen) atoms. The minimum absolute atomic E-state index is 0.101. The maximum atomic E-state index is 12.2. The van der Waals surface area contributed by atoms with Crippen LogP contribution in [-0.4, -0.2) is 29.2 Å². The Balaban J connectivity index is 2.87. The summed E-state index contributed by atoms with van der Waals surface area (Å²) in [5.74, 6) is 0.101. The van der Waals surface area contributed by atoms with Crippen molar-refractivity contribution >= 4 is 21.8 Å². The minimum atomic E-state index is 0.101. The number of hydrogen-bond donors (Lipinski definition) is 0. The van der Waals surface area contributed by atoms with Gasteiger partial charge < -0.3 is 4.90 Å². The Morgan fingerprint density at radius 3 is 2.62 bits per heavy atom. The standard InChI is InChI=1S/C13H18BrNO/c1-4-11-7-5-6-8-12(11)13(16)15(3)9-10(2)14/h5-8,10H,4,9H2,1-3H3. The molecule has 1 atom stereocenters. The van der Waals surface area contributed by atoms with Gasteiger partial charge in [0, 0.05) is 24.0 Å². The molecule has 1 rings (SSSR count). The van der Waals surface area contributed by atoms with Crippen LogP contribution in [0, 0.1) is 0 Å². The summed E-state index contributed by atoms with van der Waals surface area (Å²) in [6, 6.07) is 7.80. The predicted octanol–water partition coefficient (Wildman–Crippen LogP) is 3.10. The van der Waals surface area contributed by atoms with E-state index in [2.05, 4.69) is 22.9 Å². The highest BCUT2D eigenvalue weighted by molar-refractivity contribution is 9.09. The van der Waals surface area contributed by atoms with Crippen molar-refractivity contribution in [2.75, 3.05) is 13.6 Å². The number of halogens is 1. The number of hydrogen-bond acceptors (Lipinski definition) is 1. The third kappa shape index (κ3) is 3.34. The van der Waals surface area contributed by atoms with Crippen LogP contribution in [0.1, 0.15) is 29.8 Å². The SMILES string of the molecule is CCc1ccccc1C(=O)N(C)CC(C)Br. The van der Waals surface area contributed by atoms with Crippen LogP contribution in [0.5, 0.6) is 0 Å². The van der Waals surface area contributed by atoms with E-state index in [1.807, 2.05) is 38.2 Å². The quantitative estimate of drug-likeness (QED) is 0.778. The number of alkyl halides is 1. The summed E-state index contributed by atoms with van der Waals surface area (Å²) in [6.07, 6.45) is 0.889. The fraction of sp³-hybridized carbons (Fsp3) is 0.462. The molecular weight excluding hydrogens is 266 g/mol. The highest BCUT2D eigenvalue weighted by Gasteiger charge is 2.15. The molecule has 88 valence electrons. The highest BCUT2D eigenvalue weighted by atomic mass is 79.9. The molecule has 0 fully saturated rings. The molecule has 0 aliphatic heterocycles. The van der Waals surface area contributed by atoms with Crippen LogP contribution >= 0.6 is 15.9 Å². The average Bonchev–Trinajstić information content (AvgIpc) is 2.27. The summed E-state index contributed by atoms with van der Waals surface area (Å²) in [4.78, 5) is 14.2. The van der Waals surface area contributed by atoms with Gasteiger partial charge in [-0.1, -0.05) is 48.0 Å². The van der Waals surface area contributed by atoms with Crippen LogP contribution in [0.15, 0.2) is 24.3 Å². The van der Waals surface area contributed by atoms with Gasteiger partial charge in [0.15, 0.2) is 0 Å². The number of carbonyl (C=O) groups excluding carboxylic acids is 1. The Morgan fingerprint density at radius 1 is 1.44 bits per heavy atom. The van der Waals surface area contributed by atoms with Gasteiger partial charge >= 0.3 is 0 Å². The molecule has 2 nitrogen and oxygen atoms in total. The molecule has 0 aromatic heterocycles. The summed E-state index contributed by atoms with van der Waals surface area (Å²) in [5.41, 5.74) is 1.93.